The number of thiophene rings is 1. The van der Waals surface area contributed by atoms with Crippen LogP contribution in [0.15, 0.2) is 46.8 Å². The molecule has 0 fully saturated rings. The Morgan fingerprint density at radius 2 is 1.81 bits per heavy atom. The highest BCUT2D eigenvalue weighted by molar-refractivity contribution is 7.94. The van der Waals surface area contributed by atoms with Crippen LogP contribution in [0.2, 0.25) is 0 Å². The lowest BCUT2D eigenvalue weighted by Gasteiger charge is -2.11. The van der Waals surface area contributed by atoms with Crippen LogP contribution in [0.3, 0.4) is 0 Å². The van der Waals surface area contributed by atoms with Crippen LogP contribution in [0, 0.1) is 13.8 Å². The predicted octanol–water partition coefficient (Wildman–Crippen LogP) is 4.24. The largest absolute Gasteiger partial charge is 0.496 e. The third kappa shape index (κ3) is 4.06. The van der Waals surface area contributed by atoms with Crippen LogP contribution in [-0.2, 0) is 10.0 Å². The summed E-state index contributed by atoms with van der Waals surface area (Å²) in [6.45, 7) is 3.67. The molecular formula is C19H20N2O4S2. The SMILES string of the molecule is COc1ccc(-c2ccc(C)c(NS(=O)(=O)c3cc(OC)c(C)s3)c2)nc1. The minimum Gasteiger partial charge on any atom is -0.496 e. The van der Waals surface area contributed by atoms with Gasteiger partial charge in [-0.2, -0.15) is 0 Å². The average Bonchev–Trinajstić information content (AvgIpc) is 3.05. The second-order valence-electron chi connectivity index (χ2n) is 5.91. The first-order valence-electron chi connectivity index (χ1n) is 8.12. The summed E-state index contributed by atoms with van der Waals surface area (Å²) < 4.78 is 38.8. The zero-order valence-corrected chi connectivity index (χ0v) is 17.1. The molecule has 2 aromatic heterocycles. The van der Waals surface area contributed by atoms with Crippen LogP contribution >= 0.6 is 11.3 Å². The maximum absolute atomic E-state index is 12.8. The molecule has 1 aromatic carbocycles. The number of hydrogen-bond acceptors (Lipinski definition) is 6. The molecule has 0 spiro atoms. The highest BCUT2D eigenvalue weighted by Crippen LogP contribution is 2.33. The molecule has 3 rings (SSSR count). The summed E-state index contributed by atoms with van der Waals surface area (Å²) in [5, 5.41) is 0. The Morgan fingerprint density at radius 1 is 1.04 bits per heavy atom. The van der Waals surface area contributed by atoms with Crippen LogP contribution in [0.4, 0.5) is 5.69 Å². The second-order valence-corrected chi connectivity index (χ2v) is 9.07. The van der Waals surface area contributed by atoms with E-state index < -0.39 is 10.0 Å². The van der Waals surface area contributed by atoms with E-state index in [0.29, 0.717) is 17.2 Å². The van der Waals surface area contributed by atoms with Gasteiger partial charge in [0.15, 0.2) is 0 Å². The monoisotopic (exact) mass is 404 g/mol. The molecule has 0 bridgehead atoms. The molecule has 0 aliphatic carbocycles. The van der Waals surface area contributed by atoms with E-state index in [1.165, 1.54) is 24.5 Å². The highest BCUT2D eigenvalue weighted by Gasteiger charge is 2.20. The molecule has 6 nitrogen and oxygen atoms in total. The molecule has 142 valence electrons. The molecule has 0 aliphatic heterocycles. The minimum absolute atomic E-state index is 0.212. The van der Waals surface area contributed by atoms with Crippen molar-refractivity contribution in [2.45, 2.75) is 18.1 Å². The van der Waals surface area contributed by atoms with Crippen LogP contribution in [0.25, 0.3) is 11.3 Å². The van der Waals surface area contributed by atoms with E-state index in [1.807, 2.05) is 38.1 Å². The number of aryl methyl sites for hydroxylation is 2. The summed E-state index contributed by atoms with van der Waals surface area (Å²) in [5.41, 5.74) is 2.86. The first-order valence-corrected chi connectivity index (χ1v) is 10.4. The lowest BCUT2D eigenvalue weighted by Crippen LogP contribution is -2.12. The van der Waals surface area contributed by atoms with Gasteiger partial charge in [-0.05, 0) is 37.6 Å². The third-order valence-corrected chi connectivity index (χ3v) is 6.95. The Hall–Kier alpha value is -2.58. The van der Waals surface area contributed by atoms with Crippen molar-refractivity contribution < 1.29 is 17.9 Å². The van der Waals surface area contributed by atoms with Crippen LogP contribution in [0.5, 0.6) is 11.5 Å². The van der Waals surface area contributed by atoms with E-state index in [1.54, 1.807) is 19.4 Å². The number of rotatable bonds is 6. The van der Waals surface area contributed by atoms with Crippen molar-refractivity contribution in [3.63, 3.8) is 0 Å². The number of ether oxygens (including phenoxy) is 2. The molecule has 2 heterocycles. The van der Waals surface area contributed by atoms with Crippen molar-refractivity contribution in [2.24, 2.45) is 0 Å². The fourth-order valence-electron chi connectivity index (χ4n) is 2.53. The van der Waals surface area contributed by atoms with Gasteiger partial charge < -0.3 is 9.47 Å². The zero-order valence-electron chi connectivity index (χ0n) is 15.4. The van der Waals surface area contributed by atoms with Gasteiger partial charge in [0.2, 0.25) is 0 Å². The maximum atomic E-state index is 12.8. The van der Waals surface area contributed by atoms with Gasteiger partial charge in [0, 0.05) is 16.5 Å². The van der Waals surface area contributed by atoms with Gasteiger partial charge in [0.25, 0.3) is 10.0 Å². The van der Waals surface area contributed by atoms with Crippen molar-refractivity contribution >= 4 is 27.0 Å². The third-order valence-electron chi connectivity index (χ3n) is 4.08. The summed E-state index contributed by atoms with van der Waals surface area (Å²) in [4.78, 5) is 5.17. The van der Waals surface area contributed by atoms with Crippen molar-refractivity contribution in [1.29, 1.82) is 0 Å². The molecule has 0 atom stereocenters. The lowest BCUT2D eigenvalue weighted by atomic mass is 10.1. The molecular weight excluding hydrogens is 384 g/mol. The summed E-state index contributed by atoms with van der Waals surface area (Å²) in [5.74, 6) is 1.22. The number of nitrogens with zero attached hydrogens (tertiary/aromatic N) is 1. The molecule has 0 saturated carbocycles. The van der Waals surface area contributed by atoms with Crippen molar-refractivity contribution in [2.75, 3.05) is 18.9 Å². The van der Waals surface area contributed by atoms with Crippen molar-refractivity contribution in [3.8, 4) is 22.8 Å². The van der Waals surface area contributed by atoms with E-state index in [4.69, 9.17) is 9.47 Å². The Labute approximate surface area is 162 Å². The van der Waals surface area contributed by atoms with Gasteiger partial charge >= 0.3 is 0 Å². The molecule has 1 N–H and O–H groups in total. The smallest absolute Gasteiger partial charge is 0.271 e. The molecule has 0 aliphatic rings. The molecule has 3 aromatic rings. The van der Waals surface area contributed by atoms with Gasteiger partial charge in [-0.25, -0.2) is 8.42 Å². The standard InChI is InChI=1S/C19H20N2O4S2/c1-12-5-6-14(16-8-7-15(24-3)11-20-16)9-17(12)21-27(22,23)19-10-18(25-4)13(2)26-19/h5-11,21H,1-4H3. The summed E-state index contributed by atoms with van der Waals surface area (Å²) in [7, 11) is -0.607. The Morgan fingerprint density at radius 3 is 2.41 bits per heavy atom. The van der Waals surface area contributed by atoms with Crippen molar-refractivity contribution in [3.05, 3.63) is 53.0 Å². The van der Waals surface area contributed by atoms with E-state index in [-0.39, 0.29) is 4.21 Å². The molecule has 0 saturated heterocycles. The maximum Gasteiger partial charge on any atom is 0.271 e. The molecule has 0 radical (unpaired) electrons. The zero-order chi connectivity index (χ0) is 19.6. The van der Waals surface area contributed by atoms with E-state index >= 15 is 0 Å². The fourth-order valence-corrected chi connectivity index (χ4v) is 5.05. The van der Waals surface area contributed by atoms with Gasteiger partial charge in [0.05, 0.1) is 31.8 Å². The Bertz CT molecular complexity index is 1060. The number of methoxy groups -OCH3 is 2. The average molecular weight is 405 g/mol. The van der Waals surface area contributed by atoms with Gasteiger partial charge in [-0.3, -0.25) is 9.71 Å². The number of nitrogens with one attached hydrogen (secondary N) is 1. The topological polar surface area (TPSA) is 77.5 Å². The molecule has 27 heavy (non-hydrogen) atoms. The summed E-state index contributed by atoms with van der Waals surface area (Å²) >= 11 is 1.17. The fraction of sp³-hybridized carbons (Fsp3) is 0.211. The molecule has 0 amide bonds. The van der Waals surface area contributed by atoms with Gasteiger partial charge in [-0.15, -0.1) is 11.3 Å². The summed E-state index contributed by atoms with van der Waals surface area (Å²) in [6.07, 6.45) is 1.62. The van der Waals surface area contributed by atoms with Crippen molar-refractivity contribution in [1.82, 2.24) is 4.98 Å². The van der Waals surface area contributed by atoms with Gasteiger partial charge in [0.1, 0.15) is 15.7 Å². The number of anilines is 1. The normalized spacial score (nSPS) is 11.3. The summed E-state index contributed by atoms with van der Waals surface area (Å²) in [6, 6.07) is 10.7. The Balaban J connectivity index is 1.93. The van der Waals surface area contributed by atoms with E-state index in [9.17, 15) is 8.42 Å². The van der Waals surface area contributed by atoms with Crippen LogP contribution in [-0.4, -0.2) is 27.6 Å². The molecule has 0 unspecified atom stereocenters. The van der Waals surface area contributed by atoms with Crippen LogP contribution in [0.1, 0.15) is 10.4 Å². The highest BCUT2D eigenvalue weighted by atomic mass is 32.2. The first kappa shape index (κ1) is 19.2. The number of aromatic nitrogens is 1. The lowest BCUT2D eigenvalue weighted by molar-refractivity contribution is 0.413. The number of sulfonamides is 1. The first-order chi connectivity index (χ1) is 12.8. The van der Waals surface area contributed by atoms with Crippen LogP contribution < -0.4 is 14.2 Å². The van der Waals surface area contributed by atoms with E-state index in [0.717, 1.165) is 21.7 Å². The number of hydrogen-bond donors (Lipinski definition) is 1. The number of benzene rings is 1. The predicted molar refractivity (Wildman–Crippen MR) is 107 cm³/mol. The van der Waals surface area contributed by atoms with Gasteiger partial charge in [-0.1, -0.05) is 12.1 Å². The Kier molecular flexibility index (Phi) is 5.38. The second kappa shape index (κ2) is 7.58. The minimum atomic E-state index is -3.71. The number of pyridine rings is 1. The quantitative estimate of drug-likeness (QED) is 0.665. The van der Waals surface area contributed by atoms with E-state index in [2.05, 4.69) is 9.71 Å². The molecule has 8 heteroatoms.